The van der Waals surface area contributed by atoms with E-state index in [2.05, 4.69) is 0 Å². The summed E-state index contributed by atoms with van der Waals surface area (Å²) >= 11 is 0. The van der Waals surface area contributed by atoms with E-state index >= 15 is 0 Å². The van der Waals surface area contributed by atoms with Crippen LogP contribution in [0.1, 0.15) is 2.85 Å². The van der Waals surface area contributed by atoms with Crippen LogP contribution in [-0.2, 0) is 0 Å². The summed E-state index contributed by atoms with van der Waals surface area (Å²) < 4.78 is 0. The van der Waals surface area contributed by atoms with E-state index in [0.29, 0.717) is 21.5 Å². The van der Waals surface area contributed by atoms with E-state index in [1.54, 1.807) is 24.3 Å². The van der Waals surface area contributed by atoms with Gasteiger partial charge in [0.1, 0.15) is 11.5 Å². The molecule has 0 aliphatic heterocycles. The van der Waals surface area contributed by atoms with Crippen LogP contribution in [0, 0.1) is 0 Å². The first-order chi connectivity index (χ1) is 7.79. The van der Waals surface area contributed by atoms with Crippen LogP contribution >= 0.6 is 0 Å². The molecule has 2 N–H and O–H groups in total. The normalized spacial score (nSPS) is 9.78. The molecule has 3 aromatic rings. The average molecular weight is 258 g/mol. The van der Waals surface area contributed by atoms with Gasteiger partial charge in [0.05, 0.1) is 0 Å². The third kappa shape index (κ3) is 2.42. The summed E-state index contributed by atoms with van der Waals surface area (Å²) in [5.41, 5.74) is 0. The van der Waals surface area contributed by atoms with Gasteiger partial charge in [0.15, 0.2) is 0 Å². The minimum Gasteiger partial charge on any atom is -1.00 e. The average Bonchev–Trinajstić information content (AvgIpc) is 2.36. The van der Waals surface area contributed by atoms with E-state index < -0.39 is 0 Å². The molecule has 0 aliphatic carbocycles. The summed E-state index contributed by atoms with van der Waals surface area (Å²) in [5, 5.41) is 23.0. The van der Waals surface area contributed by atoms with Gasteiger partial charge in [-0.1, -0.05) is 48.5 Å². The zero-order valence-corrected chi connectivity index (χ0v) is 14.5. The monoisotopic (exact) mass is 258 g/mol. The molecule has 0 saturated carbocycles. The van der Waals surface area contributed by atoms with Gasteiger partial charge >= 0.3 is 59.1 Å². The first kappa shape index (κ1) is 15.8. The van der Waals surface area contributed by atoms with E-state index in [1.807, 2.05) is 24.3 Å². The summed E-state index contributed by atoms with van der Waals surface area (Å²) in [6.07, 6.45) is 0. The van der Waals surface area contributed by atoms with Crippen LogP contribution in [0.15, 0.2) is 48.5 Å². The molecular weight excluding hydrogens is 246 g/mol. The van der Waals surface area contributed by atoms with Crippen LogP contribution in [0.2, 0.25) is 0 Å². The molecule has 82 valence electrons. The molecule has 0 radical (unpaired) electrons. The van der Waals surface area contributed by atoms with Crippen LogP contribution < -0.4 is 59.1 Å². The van der Waals surface area contributed by atoms with Crippen LogP contribution in [0.3, 0.4) is 0 Å². The van der Waals surface area contributed by atoms with Crippen LogP contribution in [0.4, 0.5) is 0 Å². The fourth-order valence-corrected chi connectivity index (χ4v) is 2.08. The number of aromatic hydroxyl groups is 2. The summed E-state index contributed by atoms with van der Waals surface area (Å²) in [7, 11) is 0. The zero-order valence-electron chi connectivity index (χ0n) is 12.5. The summed E-state index contributed by atoms with van der Waals surface area (Å²) in [5.74, 6) is 0.452. The maximum absolute atomic E-state index is 10.1. The SMILES string of the molecule is Oc1c2ccccc2c(O)c2ccccc12.[H-].[H-].[Na+].[Na+]. The molecule has 0 aliphatic rings. The van der Waals surface area contributed by atoms with Crippen molar-refractivity contribution in [2.75, 3.05) is 0 Å². The quantitative estimate of drug-likeness (QED) is 0.269. The van der Waals surface area contributed by atoms with Crippen molar-refractivity contribution in [3.05, 3.63) is 48.5 Å². The van der Waals surface area contributed by atoms with Crippen molar-refractivity contribution in [3.8, 4) is 11.5 Å². The van der Waals surface area contributed by atoms with Gasteiger partial charge in [0.2, 0.25) is 0 Å². The third-order valence-electron chi connectivity index (χ3n) is 2.87. The van der Waals surface area contributed by atoms with Gasteiger partial charge in [-0.2, -0.15) is 0 Å². The Morgan fingerprint density at radius 1 is 0.556 bits per heavy atom. The van der Waals surface area contributed by atoms with E-state index in [-0.39, 0.29) is 73.5 Å². The van der Waals surface area contributed by atoms with Crippen molar-refractivity contribution in [2.45, 2.75) is 0 Å². The predicted molar refractivity (Wildman–Crippen MR) is 67.0 cm³/mol. The molecular formula is C14H12Na2O2. The molecule has 0 saturated heterocycles. The van der Waals surface area contributed by atoms with E-state index in [0.717, 1.165) is 0 Å². The van der Waals surface area contributed by atoms with Gasteiger partial charge in [-0.15, -0.1) is 0 Å². The molecule has 18 heavy (non-hydrogen) atoms. The van der Waals surface area contributed by atoms with Gasteiger partial charge in [-0.05, 0) is 0 Å². The Labute approximate surface area is 152 Å². The van der Waals surface area contributed by atoms with Gasteiger partial charge < -0.3 is 13.1 Å². The van der Waals surface area contributed by atoms with Gasteiger partial charge in [0.25, 0.3) is 0 Å². The first-order valence-corrected chi connectivity index (χ1v) is 5.10. The molecule has 2 nitrogen and oxygen atoms in total. The molecule has 0 fully saturated rings. The fourth-order valence-electron chi connectivity index (χ4n) is 2.08. The van der Waals surface area contributed by atoms with Crippen molar-refractivity contribution in [2.24, 2.45) is 0 Å². The van der Waals surface area contributed by atoms with Gasteiger partial charge in [-0.3, -0.25) is 0 Å². The number of hydrogen-bond donors (Lipinski definition) is 2. The second-order valence-electron chi connectivity index (χ2n) is 3.79. The van der Waals surface area contributed by atoms with Gasteiger partial charge in [-0.25, -0.2) is 0 Å². The standard InChI is InChI=1S/C14H10O2.2Na.2H/c15-13-9-5-1-2-6-10(9)14(16)12-8-4-3-7-11(12)13;;;;/h1-8,15-16H;;;;/q;2*+1;2*-1. The molecule has 4 heteroatoms. The molecule has 0 aromatic heterocycles. The van der Waals surface area contributed by atoms with Crippen molar-refractivity contribution in [1.82, 2.24) is 0 Å². The Bertz CT molecular complexity index is 588. The molecule has 0 bridgehead atoms. The number of hydrogen-bond acceptors (Lipinski definition) is 2. The Morgan fingerprint density at radius 3 is 1.00 bits per heavy atom. The largest absolute Gasteiger partial charge is 1.00 e. The predicted octanol–water partition coefficient (Wildman–Crippen LogP) is -2.36. The maximum Gasteiger partial charge on any atom is 1.00 e. The Balaban J connectivity index is 0. The van der Waals surface area contributed by atoms with E-state index in [9.17, 15) is 10.2 Å². The smallest absolute Gasteiger partial charge is 1.00 e. The maximum atomic E-state index is 10.1. The molecule has 0 amide bonds. The Kier molecular flexibility index (Phi) is 5.53. The Morgan fingerprint density at radius 2 is 0.778 bits per heavy atom. The van der Waals surface area contributed by atoms with Crippen molar-refractivity contribution in [3.63, 3.8) is 0 Å². The third-order valence-corrected chi connectivity index (χ3v) is 2.87. The van der Waals surface area contributed by atoms with Crippen LogP contribution in [0.5, 0.6) is 11.5 Å². The molecule has 3 rings (SSSR count). The molecule has 0 heterocycles. The van der Waals surface area contributed by atoms with Crippen molar-refractivity contribution >= 4 is 21.5 Å². The molecule has 3 aromatic carbocycles. The number of rotatable bonds is 0. The zero-order chi connectivity index (χ0) is 11.1. The number of phenols is 2. The van der Waals surface area contributed by atoms with Crippen molar-refractivity contribution < 1.29 is 72.2 Å². The summed E-state index contributed by atoms with van der Waals surface area (Å²) in [6, 6.07) is 14.6. The van der Waals surface area contributed by atoms with Crippen LogP contribution in [-0.4, -0.2) is 10.2 Å². The number of phenolic OH excluding ortho intramolecular Hbond substituents is 2. The molecule has 0 unspecified atom stereocenters. The van der Waals surface area contributed by atoms with Gasteiger partial charge in [0, 0.05) is 21.5 Å². The van der Waals surface area contributed by atoms with Crippen LogP contribution in [0.25, 0.3) is 21.5 Å². The summed E-state index contributed by atoms with van der Waals surface area (Å²) in [4.78, 5) is 0. The topological polar surface area (TPSA) is 40.5 Å². The molecule has 0 atom stereocenters. The van der Waals surface area contributed by atoms with E-state index in [1.165, 1.54) is 0 Å². The molecule has 0 spiro atoms. The minimum absolute atomic E-state index is 0. The first-order valence-electron chi connectivity index (χ1n) is 5.10. The fraction of sp³-hybridized carbons (Fsp3) is 0. The Hall–Kier alpha value is -0.220. The van der Waals surface area contributed by atoms with E-state index in [4.69, 9.17) is 0 Å². The number of benzene rings is 3. The minimum atomic E-state index is 0. The second kappa shape index (κ2) is 6.29. The summed E-state index contributed by atoms with van der Waals surface area (Å²) in [6.45, 7) is 0. The second-order valence-corrected chi connectivity index (χ2v) is 3.79. The van der Waals surface area contributed by atoms with Crippen molar-refractivity contribution in [1.29, 1.82) is 0 Å². The number of fused-ring (bicyclic) bond motifs is 2.